The van der Waals surface area contributed by atoms with Crippen molar-refractivity contribution in [2.45, 2.75) is 25.6 Å². The fourth-order valence-corrected chi connectivity index (χ4v) is 2.94. The quantitative estimate of drug-likeness (QED) is 0.865. The summed E-state index contributed by atoms with van der Waals surface area (Å²) >= 11 is 0. The van der Waals surface area contributed by atoms with Crippen molar-refractivity contribution in [2.75, 3.05) is 26.7 Å². The Morgan fingerprint density at radius 2 is 2.27 bits per heavy atom. The third-order valence-electron chi connectivity index (χ3n) is 4.14. The van der Waals surface area contributed by atoms with Crippen molar-refractivity contribution in [3.63, 3.8) is 0 Å². The van der Waals surface area contributed by atoms with Gasteiger partial charge < -0.3 is 9.30 Å². The van der Waals surface area contributed by atoms with Gasteiger partial charge in [0, 0.05) is 25.7 Å². The van der Waals surface area contributed by atoms with Crippen LogP contribution in [0.25, 0.3) is 11.0 Å². The summed E-state index contributed by atoms with van der Waals surface area (Å²) in [7, 11) is 1.59. The van der Waals surface area contributed by atoms with Gasteiger partial charge in [0.25, 0.3) is 5.56 Å². The SMILES string of the molecule is COc1ccc2ncc(=O)n(CCN3CCC[C@@H](F)C3)c2c1. The van der Waals surface area contributed by atoms with Gasteiger partial charge in [-0.05, 0) is 31.5 Å². The molecule has 1 aromatic carbocycles. The van der Waals surface area contributed by atoms with E-state index in [0.717, 1.165) is 24.0 Å². The minimum Gasteiger partial charge on any atom is -0.497 e. The molecule has 6 heteroatoms. The van der Waals surface area contributed by atoms with Crippen molar-refractivity contribution >= 4 is 11.0 Å². The molecule has 1 aromatic heterocycles. The van der Waals surface area contributed by atoms with E-state index in [2.05, 4.69) is 9.88 Å². The number of likely N-dealkylation sites (tertiary alicyclic amines) is 1. The molecule has 0 N–H and O–H groups in total. The number of aromatic nitrogens is 2. The normalized spacial score (nSPS) is 19.5. The van der Waals surface area contributed by atoms with E-state index in [4.69, 9.17) is 4.74 Å². The smallest absolute Gasteiger partial charge is 0.269 e. The molecule has 1 saturated heterocycles. The molecule has 118 valence electrons. The van der Waals surface area contributed by atoms with Crippen molar-refractivity contribution in [2.24, 2.45) is 0 Å². The van der Waals surface area contributed by atoms with Gasteiger partial charge in [-0.1, -0.05) is 0 Å². The predicted octanol–water partition coefficient (Wildman–Crippen LogP) is 1.84. The van der Waals surface area contributed by atoms with Crippen LogP contribution in [0.4, 0.5) is 4.39 Å². The van der Waals surface area contributed by atoms with Crippen molar-refractivity contribution in [3.05, 3.63) is 34.7 Å². The summed E-state index contributed by atoms with van der Waals surface area (Å²) in [5.74, 6) is 0.690. The fraction of sp³-hybridized carbons (Fsp3) is 0.500. The highest BCUT2D eigenvalue weighted by molar-refractivity contribution is 5.76. The number of rotatable bonds is 4. The lowest BCUT2D eigenvalue weighted by Crippen LogP contribution is -2.39. The number of piperidine rings is 1. The Balaban J connectivity index is 1.85. The minimum atomic E-state index is -0.750. The van der Waals surface area contributed by atoms with E-state index in [9.17, 15) is 9.18 Å². The molecule has 3 rings (SSSR count). The van der Waals surface area contributed by atoms with E-state index >= 15 is 0 Å². The maximum absolute atomic E-state index is 13.5. The first-order valence-electron chi connectivity index (χ1n) is 7.57. The van der Waals surface area contributed by atoms with Crippen LogP contribution in [0.1, 0.15) is 12.8 Å². The second-order valence-electron chi connectivity index (χ2n) is 5.64. The summed E-state index contributed by atoms with van der Waals surface area (Å²) in [6.45, 7) is 2.54. The van der Waals surface area contributed by atoms with Gasteiger partial charge in [0.1, 0.15) is 11.9 Å². The Labute approximate surface area is 128 Å². The molecular weight excluding hydrogens is 285 g/mol. The summed E-state index contributed by atoms with van der Waals surface area (Å²) in [6, 6.07) is 5.48. The van der Waals surface area contributed by atoms with Crippen LogP contribution in [0.3, 0.4) is 0 Å². The summed E-state index contributed by atoms with van der Waals surface area (Å²) in [4.78, 5) is 18.4. The summed E-state index contributed by atoms with van der Waals surface area (Å²) in [6.07, 6.45) is 2.11. The van der Waals surface area contributed by atoms with Crippen molar-refractivity contribution < 1.29 is 9.13 Å². The zero-order chi connectivity index (χ0) is 15.5. The van der Waals surface area contributed by atoms with E-state index in [1.807, 2.05) is 18.2 Å². The Morgan fingerprint density at radius 1 is 1.41 bits per heavy atom. The molecular formula is C16H20FN3O2. The highest BCUT2D eigenvalue weighted by Gasteiger charge is 2.19. The van der Waals surface area contributed by atoms with Gasteiger partial charge in [-0.3, -0.25) is 9.69 Å². The number of ether oxygens (including phenoxy) is 1. The number of hydrogen-bond donors (Lipinski definition) is 0. The van der Waals surface area contributed by atoms with Crippen LogP contribution >= 0.6 is 0 Å². The molecule has 2 aromatic rings. The Bertz CT molecular complexity index is 716. The van der Waals surface area contributed by atoms with E-state index in [1.165, 1.54) is 6.20 Å². The molecule has 0 aliphatic carbocycles. The summed E-state index contributed by atoms with van der Waals surface area (Å²) in [5.41, 5.74) is 1.36. The van der Waals surface area contributed by atoms with E-state index in [1.54, 1.807) is 11.7 Å². The first kappa shape index (κ1) is 15.0. The number of alkyl halides is 1. The van der Waals surface area contributed by atoms with Crippen molar-refractivity contribution in [3.8, 4) is 5.75 Å². The van der Waals surface area contributed by atoms with E-state index in [0.29, 0.717) is 31.8 Å². The van der Waals surface area contributed by atoms with Gasteiger partial charge in [0.15, 0.2) is 0 Å². The largest absolute Gasteiger partial charge is 0.497 e. The molecule has 1 aliphatic rings. The van der Waals surface area contributed by atoms with Gasteiger partial charge in [-0.2, -0.15) is 0 Å². The fourth-order valence-electron chi connectivity index (χ4n) is 2.94. The molecule has 0 radical (unpaired) electrons. The van der Waals surface area contributed by atoms with Crippen LogP contribution in [0.15, 0.2) is 29.2 Å². The second kappa shape index (κ2) is 6.44. The van der Waals surface area contributed by atoms with Crippen LogP contribution in [0.2, 0.25) is 0 Å². The highest BCUT2D eigenvalue weighted by atomic mass is 19.1. The van der Waals surface area contributed by atoms with Crippen LogP contribution in [0.5, 0.6) is 5.75 Å². The van der Waals surface area contributed by atoms with Gasteiger partial charge in [-0.15, -0.1) is 0 Å². The Morgan fingerprint density at radius 3 is 3.05 bits per heavy atom. The Hall–Kier alpha value is -1.95. The van der Waals surface area contributed by atoms with Crippen LogP contribution in [0, 0.1) is 0 Å². The molecule has 0 bridgehead atoms. The number of halogens is 1. The molecule has 1 aliphatic heterocycles. The van der Waals surface area contributed by atoms with Crippen molar-refractivity contribution in [1.82, 2.24) is 14.5 Å². The number of benzene rings is 1. The van der Waals surface area contributed by atoms with Crippen molar-refractivity contribution in [1.29, 1.82) is 0 Å². The third-order valence-corrected chi connectivity index (χ3v) is 4.14. The second-order valence-corrected chi connectivity index (χ2v) is 5.64. The zero-order valence-corrected chi connectivity index (χ0v) is 12.7. The van der Waals surface area contributed by atoms with E-state index in [-0.39, 0.29) is 5.56 Å². The standard InChI is InChI=1S/C16H20FN3O2/c1-22-13-4-5-14-15(9-13)20(16(21)10-18-14)8-7-19-6-2-3-12(17)11-19/h4-5,9-10,12H,2-3,6-8,11H2,1H3/t12-/m1/s1. The van der Waals surface area contributed by atoms with Gasteiger partial charge >= 0.3 is 0 Å². The molecule has 22 heavy (non-hydrogen) atoms. The number of hydrogen-bond acceptors (Lipinski definition) is 4. The highest BCUT2D eigenvalue weighted by Crippen LogP contribution is 2.18. The zero-order valence-electron chi connectivity index (χ0n) is 12.7. The van der Waals surface area contributed by atoms with Crippen LogP contribution in [-0.4, -0.2) is 47.4 Å². The molecule has 1 atom stereocenters. The van der Waals surface area contributed by atoms with Gasteiger partial charge in [-0.25, -0.2) is 9.37 Å². The average molecular weight is 305 g/mol. The van der Waals surface area contributed by atoms with Gasteiger partial charge in [0.05, 0.1) is 24.3 Å². The van der Waals surface area contributed by atoms with Crippen LogP contribution in [-0.2, 0) is 6.54 Å². The summed E-state index contributed by atoms with van der Waals surface area (Å²) in [5, 5.41) is 0. The van der Waals surface area contributed by atoms with E-state index < -0.39 is 6.17 Å². The van der Waals surface area contributed by atoms with Gasteiger partial charge in [0.2, 0.25) is 0 Å². The lowest BCUT2D eigenvalue weighted by molar-refractivity contribution is 0.135. The molecule has 2 heterocycles. The topological polar surface area (TPSA) is 47.4 Å². The molecule has 5 nitrogen and oxygen atoms in total. The maximum atomic E-state index is 13.5. The number of nitrogens with zero attached hydrogens (tertiary/aromatic N) is 3. The number of fused-ring (bicyclic) bond motifs is 1. The first-order chi connectivity index (χ1) is 10.7. The first-order valence-corrected chi connectivity index (χ1v) is 7.57. The third kappa shape index (κ3) is 3.11. The monoisotopic (exact) mass is 305 g/mol. The molecule has 1 fully saturated rings. The average Bonchev–Trinajstić information content (AvgIpc) is 2.53. The molecule has 0 amide bonds. The minimum absolute atomic E-state index is 0.144. The molecule has 0 saturated carbocycles. The number of methoxy groups -OCH3 is 1. The molecule has 0 spiro atoms. The maximum Gasteiger partial charge on any atom is 0.269 e. The molecule has 0 unspecified atom stereocenters. The lowest BCUT2D eigenvalue weighted by Gasteiger charge is -2.29. The van der Waals surface area contributed by atoms with Crippen LogP contribution < -0.4 is 10.3 Å². The predicted molar refractivity (Wildman–Crippen MR) is 83.1 cm³/mol. The summed E-state index contributed by atoms with van der Waals surface area (Å²) < 4.78 is 20.4. The Kier molecular flexibility index (Phi) is 4.38. The lowest BCUT2D eigenvalue weighted by atomic mass is 10.1.